The highest BCUT2D eigenvalue weighted by molar-refractivity contribution is 5.96. The number of hydrogen-bond donors (Lipinski definition) is 1. The highest BCUT2D eigenvalue weighted by atomic mass is 19.1. The molecular weight excluding hydrogens is 183 g/mol. The molecule has 1 rings (SSSR count). The number of rotatable bonds is 2. The number of carbonyl (C=O) groups is 1. The Labute approximate surface area is 82.3 Å². The van der Waals surface area contributed by atoms with E-state index in [-0.39, 0.29) is 11.6 Å². The average Bonchev–Trinajstić information content (AvgIpc) is 2.16. The van der Waals surface area contributed by atoms with Gasteiger partial charge in [-0.1, -0.05) is 12.1 Å². The summed E-state index contributed by atoms with van der Waals surface area (Å²) in [5.41, 5.74) is 5.66. The molecule has 1 aromatic rings. The van der Waals surface area contributed by atoms with Crippen molar-refractivity contribution in [3.63, 3.8) is 0 Å². The number of para-hydroxylation sites is 1. The molecule has 1 amide bonds. The SMILES string of the molecule is C[C@H](N)C(=O)N(C)c1ccccc1F. The fourth-order valence-corrected chi connectivity index (χ4v) is 1.15. The van der Waals surface area contributed by atoms with Gasteiger partial charge in [0.15, 0.2) is 0 Å². The Kier molecular flexibility index (Phi) is 3.19. The Morgan fingerprint density at radius 2 is 2.07 bits per heavy atom. The van der Waals surface area contributed by atoms with E-state index in [0.29, 0.717) is 0 Å². The molecule has 0 unspecified atom stereocenters. The smallest absolute Gasteiger partial charge is 0.243 e. The van der Waals surface area contributed by atoms with E-state index in [1.54, 1.807) is 19.1 Å². The van der Waals surface area contributed by atoms with Gasteiger partial charge < -0.3 is 10.6 Å². The number of likely N-dealkylation sites (N-methyl/N-ethyl adjacent to an activating group) is 1. The third kappa shape index (κ3) is 2.09. The number of hydrogen-bond acceptors (Lipinski definition) is 2. The minimum Gasteiger partial charge on any atom is -0.320 e. The Morgan fingerprint density at radius 3 is 2.57 bits per heavy atom. The molecule has 0 bridgehead atoms. The molecule has 3 nitrogen and oxygen atoms in total. The highest BCUT2D eigenvalue weighted by Gasteiger charge is 2.17. The van der Waals surface area contributed by atoms with Crippen LogP contribution in [-0.2, 0) is 4.79 Å². The fourth-order valence-electron chi connectivity index (χ4n) is 1.15. The van der Waals surface area contributed by atoms with E-state index in [2.05, 4.69) is 0 Å². The average molecular weight is 196 g/mol. The molecule has 0 saturated carbocycles. The standard InChI is InChI=1S/C10H13FN2O/c1-7(12)10(14)13(2)9-6-4-3-5-8(9)11/h3-7H,12H2,1-2H3/t7-/m0/s1. The lowest BCUT2D eigenvalue weighted by Gasteiger charge is -2.19. The number of nitrogens with zero attached hydrogens (tertiary/aromatic N) is 1. The lowest BCUT2D eigenvalue weighted by atomic mass is 10.2. The zero-order chi connectivity index (χ0) is 10.7. The molecule has 14 heavy (non-hydrogen) atoms. The largest absolute Gasteiger partial charge is 0.320 e. The van der Waals surface area contributed by atoms with E-state index in [4.69, 9.17) is 5.73 Å². The molecule has 0 aliphatic heterocycles. The van der Waals surface area contributed by atoms with Crippen LogP contribution in [0.1, 0.15) is 6.92 Å². The fraction of sp³-hybridized carbons (Fsp3) is 0.300. The molecule has 0 fully saturated rings. The molecule has 2 N–H and O–H groups in total. The molecule has 0 radical (unpaired) electrons. The molecule has 76 valence electrons. The van der Waals surface area contributed by atoms with Crippen LogP contribution in [0, 0.1) is 5.82 Å². The summed E-state index contributed by atoms with van der Waals surface area (Å²) < 4.78 is 13.2. The van der Waals surface area contributed by atoms with Crippen LogP contribution in [-0.4, -0.2) is 19.0 Å². The second-order valence-electron chi connectivity index (χ2n) is 3.14. The van der Waals surface area contributed by atoms with Gasteiger partial charge in [-0.25, -0.2) is 4.39 Å². The molecule has 4 heteroatoms. The van der Waals surface area contributed by atoms with Crippen LogP contribution in [0.2, 0.25) is 0 Å². The number of nitrogens with two attached hydrogens (primary N) is 1. The first-order valence-electron chi connectivity index (χ1n) is 4.31. The van der Waals surface area contributed by atoms with Crippen molar-refractivity contribution in [1.29, 1.82) is 0 Å². The van der Waals surface area contributed by atoms with Crippen LogP contribution in [0.5, 0.6) is 0 Å². The number of anilines is 1. The zero-order valence-electron chi connectivity index (χ0n) is 8.20. The van der Waals surface area contributed by atoms with Crippen molar-refractivity contribution in [2.75, 3.05) is 11.9 Å². The minimum absolute atomic E-state index is 0.245. The van der Waals surface area contributed by atoms with Crippen molar-refractivity contribution in [3.8, 4) is 0 Å². The number of halogens is 1. The van der Waals surface area contributed by atoms with E-state index in [0.717, 1.165) is 0 Å². The predicted octanol–water partition coefficient (Wildman–Crippen LogP) is 1.14. The maximum atomic E-state index is 13.2. The van der Waals surface area contributed by atoms with Crippen molar-refractivity contribution in [3.05, 3.63) is 30.1 Å². The van der Waals surface area contributed by atoms with Gasteiger partial charge in [-0.2, -0.15) is 0 Å². The van der Waals surface area contributed by atoms with Crippen LogP contribution < -0.4 is 10.6 Å². The van der Waals surface area contributed by atoms with Gasteiger partial charge in [-0.05, 0) is 19.1 Å². The maximum Gasteiger partial charge on any atom is 0.243 e. The van der Waals surface area contributed by atoms with Gasteiger partial charge in [0, 0.05) is 7.05 Å². The number of amides is 1. The molecule has 0 heterocycles. The Hall–Kier alpha value is -1.42. The monoisotopic (exact) mass is 196 g/mol. The minimum atomic E-state index is -0.625. The number of benzene rings is 1. The van der Waals surface area contributed by atoms with Crippen molar-refractivity contribution < 1.29 is 9.18 Å². The van der Waals surface area contributed by atoms with Crippen LogP contribution in [0.25, 0.3) is 0 Å². The van der Waals surface area contributed by atoms with Gasteiger partial charge in [0.2, 0.25) is 5.91 Å². The molecular formula is C10H13FN2O. The molecule has 1 aromatic carbocycles. The van der Waals surface area contributed by atoms with Crippen molar-refractivity contribution in [1.82, 2.24) is 0 Å². The van der Waals surface area contributed by atoms with Gasteiger partial charge in [0.05, 0.1) is 11.7 Å². The third-order valence-electron chi connectivity index (χ3n) is 1.93. The first-order chi connectivity index (χ1) is 6.54. The molecule has 1 atom stereocenters. The topological polar surface area (TPSA) is 46.3 Å². The van der Waals surface area contributed by atoms with Crippen molar-refractivity contribution in [2.45, 2.75) is 13.0 Å². The first-order valence-corrected chi connectivity index (χ1v) is 4.31. The lowest BCUT2D eigenvalue weighted by Crippen LogP contribution is -2.40. The summed E-state index contributed by atoms with van der Waals surface area (Å²) in [5.74, 6) is -0.737. The first kappa shape index (κ1) is 10.7. The van der Waals surface area contributed by atoms with E-state index in [9.17, 15) is 9.18 Å². The van der Waals surface area contributed by atoms with E-state index in [1.807, 2.05) is 0 Å². The van der Waals surface area contributed by atoms with Crippen LogP contribution in [0.4, 0.5) is 10.1 Å². The third-order valence-corrected chi connectivity index (χ3v) is 1.93. The van der Waals surface area contributed by atoms with Gasteiger partial charge in [-0.15, -0.1) is 0 Å². The Morgan fingerprint density at radius 1 is 1.50 bits per heavy atom. The van der Waals surface area contributed by atoms with Crippen molar-refractivity contribution >= 4 is 11.6 Å². The summed E-state index contributed by atoms with van der Waals surface area (Å²) in [5, 5.41) is 0. The highest BCUT2D eigenvalue weighted by Crippen LogP contribution is 2.17. The van der Waals surface area contributed by atoms with Gasteiger partial charge in [-0.3, -0.25) is 4.79 Å². The van der Waals surface area contributed by atoms with Gasteiger partial charge >= 0.3 is 0 Å². The molecule has 0 aliphatic rings. The van der Waals surface area contributed by atoms with Gasteiger partial charge in [0.1, 0.15) is 5.82 Å². The molecule has 0 saturated heterocycles. The molecule has 0 aliphatic carbocycles. The van der Waals surface area contributed by atoms with E-state index in [1.165, 1.54) is 24.1 Å². The Bertz CT molecular complexity index is 339. The van der Waals surface area contributed by atoms with Crippen LogP contribution in [0.15, 0.2) is 24.3 Å². The zero-order valence-corrected chi connectivity index (χ0v) is 8.20. The Balaban J connectivity index is 2.95. The van der Waals surface area contributed by atoms with Gasteiger partial charge in [0.25, 0.3) is 0 Å². The predicted molar refractivity (Wildman–Crippen MR) is 53.5 cm³/mol. The number of carbonyl (C=O) groups excluding carboxylic acids is 1. The summed E-state index contributed by atoms with van der Waals surface area (Å²) in [6, 6.07) is 5.46. The van der Waals surface area contributed by atoms with Crippen LogP contribution in [0.3, 0.4) is 0 Å². The van der Waals surface area contributed by atoms with Crippen molar-refractivity contribution in [2.24, 2.45) is 5.73 Å². The quantitative estimate of drug-likeness (QED) is 0.770. The normalized spacial score (nSPS) is 12.3. The second-order valence-corrected chi connectivity index (χ2v) is 3.14. The van der Waals surface area contributed by atoms with Crippen LogP contribution >= 0.6 is 0 Å². The maximum absolute atomic E-state index is 13.2. The summed E-state index contributed by atoms with van der Waals surface area (Å²) in [6.45, 7) is 1.57. The van der Waals surface area contributed by atoms with E-state index < -0.39 is 11.9 Å². The molecule has 0 spiro atoms. The summed E-state index contributed by atoms with van der Waals surface area (Å²) in [6.07, 6.45) is 0. The second kappa shape index (κ2) is 4.19. The summed E-state index contributed by atoms with van der Waals surface area (Å²) in [4.78, 5) is 12.7. The summed E-state index contributed by atoms with van der Waals surface area (Å²) in [7, 11) is 1.50. The molecule has 0 aromatic heterocycles. The summed E-state index contributed by atoms with van der Waals surface area (Å²) >= 11 is 0. The van der Waals surface area contributed by atoms with E-state index >= 15 is 0 Å². The lowest BCUT2D eigenvalue weighted by molar-refractivity contribution is -0.119.